The molecule has 0 bridgehead atoms. The molecule has 1 aliphatic carbocycles. The summed E-state index contributed by atoms with van der Waals surface area (Å²) in [5.74, 6) is -0.158. The Labute approximate surface area is 387 Å². The molecule has 0 heterocycles. The zero-order chi connectivity index (χ0) is 43.5. The van der Waals surface area contributed by atoms with Gasteiger partial charge in [0.25, 0.3) is 0 Å². The molecular formula is C57H50Br2N2Ni. The molecule has 0 unspecified atom stereocenters. The Bertz CT molecular complexity index is 2720. The van der Waals surface area contributed by atoms with Crippen molar-refractivity contribution in [3.8, 4) is 0 Å². The van der Waals surface area contributed by atoms with Gasteiger partial charge in [-0.1, -0.05) is 192 Å². The third kappa shape index (κ3) is 9.00. The molecule has 5 heteroatoms. The molecule has 0 saturated carbocycles. The Hall–Kier alpha value is -5.19. The van der Waals surface area contributed by atoms with Crippen LogP contribution < -0.4 is 0 Å². The van der Waals surface area contributed by atoms with Crippen molar-refractivity contribution in [2.75, 3.05) is 0 Å². The molecule has 0 aliphatic heterocycles. The molecular weight excluding hydrogens is 931 g/mol. The second-order valence-electron chi connectivity index (χ2n) is 16.7. The SMILES string of the molecule is Cc1ccc(C(c2ccc(C)cc2)c2cc(C)cc(C(c3ccc(C)cc3)c3ccc(C)cc3)c2N=C2C(=Nc3c(C)cccc3C)c3cccc4cccc2c34)cc1.[Br][Ni][Br]. The standard InChI is InChI=1S/C57H50N2.2BrH.Ni/c1-35-17-25-43(26-18-35)51(44-27-19-36(2)20-28-44)49-33-39(5)34-50(52(45-29-21-37(3)22-30-45)46-31-23-38(4)24-32-46)55(49)59-57-48-16-10-14-42-13-9-15-47(53(42)48)56(57)58-54-40(6)11-8-12-41(54)7;;;/h8-34,51-52H,1-7H3;2*1H;/q;;;+2/p-2. The quantitative estimate of drug-likeness (QED) is 0.107. The summed E-state index contributed by atoms with van der Waals surface area (Å²) in [7, 11) is 1.25. The summed E-state index contributed by atoms with van der Waals surface area (Å²) in [6.07, 6.45) is 0. The number of hydrogen-bond acceptors (Lipinski definition) is 2. The van der Waals surface area contributed by atoms with Crippen LogP contribution in [0.1, 0.15) is 95.3 Å². The van der Waals surface area contributed by atoms with E-state index in [1.807, 2.05) is 0 Å². The van der Waals surface area contributed by atoms with E-state index in [0.29, 0.717) is 0 Å². The number of rotatable bonds is 8. The Morgan fingerprint density at radius 3 is 1.06 bits per heavy atom. The topological polar surface area (TPSA) is 24.7 Å². The fourth-order valence-electron chi connectivity index (χ4n) is 8.97. The summed E-state index contributed by atoms with van der Waals surface area (Å²) in [5.41, 5.74) is 21.8. The minimum atomic E-state index is -0.0792. The number of hydrogen-bond donors (Lipinski definition) is 0. The molecule has 0 spiro atoms. The summed E-state index contributed by atoms with van der Waals surface area (Å²) in [4.78, 5) is 11.7. The van der Waals surface area contributed by atoms with Gasteiger partial charge in [0.15, 0.2) is 0 Å². The van der Waals surface area contributed by atoms with Gasteiger partial charge < -0.3 is 0 Å². The number of halogens is 2. The van der Waals surface area contributed by atoms with E-state index in [4.69, 9.17) is 9.98 Å². The van der Waals surface area contributed by atoms with Gasteiger partial charge in [-0.15, -0.1) is 0 Å². The van der Waals surface area contributed by atoms with Crippen LogP contribution in [0.3, 0.4) is 0 Å². The van der Waals surface area contributed by atoms with Gasteiger partial charge in [0.2, 0.25) is 0 Å². The van der Waals surface area contributed by atoms with E-state index in [1.54, 1.807) is 0 Å². The van der Waals surface area contributed by atoms with Gasteiger partial charge in [0.05, 0.1) is 22.8 Å². The van der Waals surface area contributed by atoms with Gasteiger partial charge in [0.1, 0.15) is 0 Å². The zero-order valence-electron chi connectivity index (χ0n) is 36.2. The molecule has 0 saturated heterocycles. The van der Waals surface area contributed by atoms with Gasteiger partial charge >= 0.3 is 39.3 Å². The van der Waals surface area contributed by atoms with Crippen LogP contribution in [0.2, 0.25) is 0 Å². The predicted octanol–water partition coefficient (Wildman–Crippen LogP) is 16.3. The molecule has 1 aliphatic rings. The van der Waals surface area contributed by atoms with Gasteiger partial charge in [-0.2, -0.15) is 0 Å². The Morgan fingerprint density at radius 1 is 0.387 bits per heavy atom. The van der Waals surface area contributed by atoms with E-state index in [2.05, 4.69) is 241 Å². The fraction of sp³-hybridized carbons (Fsp3) is 0.158. The van der Waals surface area contributed by atoms with Gasteiger partial charge in [-0.25, -0.2) is 9.98 Å². The van der Waals surface area contributed by atoms with Crippen molar-refractivity contribution in [3.63, 3.8) is 0 Å². The van der Waals surface area contributed by atoms with E-state index in [9.17, 15) is 0 Å². The number of aliphatic imine (C=N–C) groups is 2. The van der Waals surface area contributed by atoms with Crippen molar-refractivity contribution in [1.29, 1.82) is 0 Å². The third-order valence-electron chi connectivity index (χ3n) is 12.1. The molecule has 0 amide bonds. The number of nitrogens with zero attached hydrogens (tertiary/aromatic N) is 2. The summed E-state index contributed by atoms with van der Waals surface area (Å²) in [5, 5.41) is 2.40. The van der Waals surface area contributed by atoms with Crippen LogP contribution in [-0.2, 0) is 10.9 Å². The average molecular weight is 982 g/mol. The fourth-order valence-corrected chi connectivity index (χ4v) is 8.97. The first-order valence-electron chi connectivity index (χ1n) is 21.0. The molecule has 0 atom stereocenters. The van der Waals surface area contributed by atoms with Crippen LogP contribution >= 0.6 is 28.5 Å². The number of benzene rings is 8. The van der Waals surface area contributed by atoms with Crippen LogP contribution in [-0.4, -0.2) is 11.4 Å². The van der Waals surface area contributed by atoms with Crippen molar-refractivity contribution < 1.29 is 10.9 Å². The maximum absolute atomic E-state index is 6.08. The van der Waals surface area contributed by atoms with Crippen LogP contribution in [0.4, 0.5) is 11.4 Å². The van der Waals surface area contributed by atoms with Crippen LogP contribution in [0.15, 0.2) is 174 Å². The maximum atomic E-state index is 6.08. The first kappa shape index (κ1) is 43.5. The monoisotopic (exact) mass is 978 g/mol. The Morgan fingerprint density at radius 2 is 0.710 bits per heavy atom. The molecule has 9 rings (SSSR count). The van der Waals surface area contributed by atoms with Crippen molar-refractivity contribution >= 4 is 62.0 Å². The van der Waals surface area contributed by atoms with E-state index in [1.165, 1.54) is 82.9 Å². The Kier molecular flexibility index (Phi) is 13.4. The first-order chi connectivity index (χ1) is 30.0. The molecule has 0 N–H and O–H groups in total. The zero-order valence-corrected chi connectivity index (χ0v) is 40.4. The van der Waals surface area contributed by atoms with Crippen molar-refractivity contribution in [2.45, 2.75) is 60.3 Å². The third-order valence-corrected chi connectivity index (χ3v) is 12.1. The number of aryl methyl sites for hydroxylation is 7. The summed E-state index contributed by atoms with van der Waals surface area (Å²) in [6, 6.07) is 60.7. The summed E-state index contributed by atoms with van der Waals surface area (Å²) in [6.45, 7) is 15.2. The molecule has 0 fully saturated rings. The van der Waals surface area contributed by atoms with E-state index >= 15 is 0 Å². The normalized spacial score (nSPS) is 13.4. The van der Waals surface area contributed by atoms with Gasteiger partial charge in [0, 0.05) is 28.3 Å². The summed E-state index contributed by atoms with van der Waals surface area (Å²) >= 11 is 6.00. The van der Waals surface area contributed by atoms with Crippen molar-refractivity contribution in [1.82, 2.24) is 0 Å². The van der Waals surface area contributed by atoms with Crippen molar-refractivity contribution in [2.24, 2.45) is 9.98 Å². The second kappa shape index (κ2) is 19.1. The van der Waals surface area contributed by atoms with Crippen LogP contribution in [0.25, 0.3) is 10.8 Å². The first-order valence-corrected chi connectivity index (χ1v) is 25.9. The van der Waals surface area contributed by atoms with Gasteiger partial charge in [-0.05, 0) is 98.4 Å². The van der Waals surface area contributed by atoms with Crippen LogP contribution in [0.5, 0.6) is 0 Å². The molecule has 8 aromatic rings. The van der Waals surface area contributed by atoms with E-state index in [-0.39, 0.29) is 11.8 Å². The van der Waals surface area contributed by atoms with E-state index < -0.39 is 0 Å². The molecule has 0 radical (unpaired) electrons. The second-order valence-corrected chi connectivity index (χ2v) is 21.7. The van der Waals surface area contributed by atoms with Gasteiger partial charge in [-0.3, -0.25) is 0 Å². The summed E-state index contributed by atoms with van der Waals surface area (Å²) < 4.78 is 0. The average Bonchev–Trinajstić information content (AvgIpc) is 3.56. The number of para-hydroxylation sites is 1. The van der Waals surface area contributed by atoms with E-state index in [0.717, 1.165) is 45.1 Å². The predicted molar refractivity (Wildman–Crippen MR) is 268 cm³/mol. The molecule has 62 heavy (non-hydrogen) atoms. The Balaban J connectivity index is 0.00000171. The molecule has 0 aromatic heterocycles. The van der Waals surface area contributed by atoms with Crippen molar-refractivity contribution in [3.05, 3.63) is 247 Å². The molecule has 2 nitrogen and oxygen atoms in total. The minimum absolute atomic E-state index is 0.0792. The van der Waals surface area contributed by atoms with Crippen LogP contribution in [0, 0.1) is 48.5 Å². The molecule has 8 aromatic carbocycles. The molecule has 312 valence electrons.